The molecule has 0 amide bonds. The monoisotopic (exact) mass is 368 g/mol. The fourth-order valence-electron chi connectivity index (χ4n) is 2.14. The molecule has 0 unspecified atom stereocenters. The molecule has 0 fully saturated rings. The molecule has 0 N–H and O–H groups in total. The van der Waals surface area contributed by atoms with Crippen LogP contribution < -0.4 is 9.47 Å². The second-order valence-corrected chi connectivity index (χ2v) is 5.33. The van der Waals surface area contributed by atoms with E-state index in [1.165, 1.54) is 18.2 Å². The highest BCUT2D eigenvalue weighted by Gasteiger charge is 2.16. The van der Waals surface area contributed by atoms with Gasteiger partial charge in [0.25, 0.3) is 6.43 Å². The van der Waals surface area contributed by atoms with Crippen LogP contribution in [-0.4, -0.2) is 12.4 Å². The van der Waals surface area contributed by atoms with Gasteiger partial charge < -0.3 is 9.47 Å². The van der Waals surface area contributed by atoms with Crippen molar-refractivity contribution in [3.8, 4) is 11.5 Å². The molecule has 0 aliphatic rings. The van der Waals surface area contributed by atoms with Crippen molar-refractivity contribution in [1.29, 1.82) is 0 Å². The summed E-state index contributed by atoms with van der Waals surface area (Å²) < 4.78 is 61.4. The molecule has 3 nitrogen and oxygen atoms in total. The Kier molecular flexibility index (Phi) is 6.77. The Hall–Kier alpha value is -2.83. The van der Waals surface area contributed by atoms with E-state index in [9.17, 15) is 22.4 Å². The first-order valence-electron chi connectivity index (χ1n) is 7.82. The minimum atomic E-state index is -2.73. The second-order valence-electron chi connectivity index (χ2n) is 5.33. The SMILES string of the molecule is CCCc1ccc(C(=O)Oc2ccc(O/C=C/C(F)F)c(F)c2)c(F)c1. The van der Waals surface area contributed by atoms with E-state index in [1.54, 1.807) is 6.07 Å². The van der Waals surface area contributed by atoms with Gasteiger partial charge in [0.1, 0.15) is 11.6 Å². The molecule has 0 aliphatic heterocycles. The summed E-state index contributed by atoms with van der Waals surface area (Å²) in [5.74, 6) is -3.12. The molecule has 0 saturated heterocycles. The Morgan fingerprint density at radius 1 is 1.12 bits per heavy atom. The van der Waals surface area contributed by atoms with Gasteiger partial charge in [-0.1, -0.05) is 19.4 Å². The van der Waals surface area contributed by atoms with Gasteiger partial charge in [-0.3, -0.25) is 0 Å². The van der Waals surface area contributed by atoms with Crippen molar-refractivity contribution in [1.82, 2.24) is 0 Å². The van der Waals surface area contributed by atoms with Gasteiger partial charge in [0, 0.05) is 12.1 Å². The number of benzene rings is 2. The summed E-state index contributed by atoms with van der Waals surface area (Å²) in [6.45, 7) is 1.95. The van der Waals surface area contributed by atoms with E-state index >= 15 is 0 Å². The van der Waals surface area contributed by atoms with E-state index in [1.807, 2.05) is 6.92 Å². The molecule has 0 saturated carbocycles. The molecule has 2 aromatic rings. The van der Waals surface area contributed by atoms with Crippen LogP contribution in [0.3, 0.4) is 0 Å². The molecule has 138 valence electrons. The summed E-state index contributed by atoms with van der Waals surface area (Å²) >= 11 is 0. The number of halogens is 4. The van der Waals surface area contributed by atoms with Crippen molar-refractivity contribution in [2.24, 2.45) is 0 Å². The maximum atomic E-state index is 14.0. The van der Waals surface area contributed by atoms with Gasteiger partial charge in [0.05, 0.1) is 11.8 Å². The predicted molar refractivity (Wildman–Crippen MR) is 87.5 cm³/mol. The van der Waals surface area contributed by atoms with Gasteiger partial charge in [0.2, 0.25) is 0 Å². The van der Waals surface area contributed by atoms with Gasteiger partial charge in [-0.15, -0.1) is 0 Å². The van der Waals surface area contributed by atoms with E-state index in [2.05, 4.69) is 0 Å². The number of hydrogen-bond donors (Lipinski definition) is 0. The van der Waals surface area contributed by atoms with Crippen LogP contribution in [0, 0.1) is 11.6 Å². The van der Waals surface area contributed by atoms with Crippen molar-refractivity contribution in [2.75, 3.05) is 0 Å². The maximum absolute atomic E-state index is 14.0. The summed E-state index contributed by atoms with van der Waals surface area (Å²) in [4.78, 5) is 12.0. The Morgan fingerprint density at radius 2 is 1.88 bits per heavy atom. The summed E-state index contributed by atoms with van der Waals surface area (Å²) in [7, 11) is 0. The number of allylic oxidation sites excluding steroid dienone is 1. The average Bonchev–Trinajstić information content (AvgIpc) is 2.57. The Balaban J connectivity index is 2.08. The lowest BCUT2D eigenvalue weighted by Crippen LogP contribution is -2.11. The van der Waals surface area contributed by atoms with Gasteiger partial charge >= 0.3 is 5.97 Å². The van der Waals surface area contributed by atoms with Crippen molar-refractivity contribution >= 4 is 5.97 Å². The van der Waals surface area contributed by atoms with Gasteiger partial charge in [-0.25, -0.2) is 22.4 Å². The molecule has 0 aliphatic carbocycles. The molecule has 0 spiro atoms. The maximum Gasteiger partial charge on any atom is 0.346 e. The topological polar surface area (TPSA) is 35.5 Å². The van der Waals surface area contributed by atoms with Crippen LogP contribution in [0.2, 0.25) is 0 Å². The van der Waals surface area contributed by atoms with Crippen LogP contribution in [-0.2, 0) is 6.42 Å². The van der Waals surface area contributed by atoms with Gasteiger partial charge in [0.15, 0.2) is 11.6 Å². The molecular weight excluding hydrogens is 352 g/mol. The quantitative estimate of drug-likeness (QED) is 0.288. The van der Waals surface area contributed by atoms with Crippen LogP contribution in [0.4, 0.5) is 17.6 Å². The van der Waals surface area contributed by atoms with Crippen LogP contribution in [0.25, 0.3) is 0 Å². The zero-order chi connectivity index (χ0) is 19.1. The number of esters is 1. The lowest BCUT2D eigenvalue weighted by molar-refractivity contribution is 0.0729. The third-order valence-corrected chi connectivity index (χ3v) is 3.33. The number of ether oxygens (including phenoxy) is 2. The van der Waals surface area contributed by atoms with Crippen LogP contribution >= 0.6 is 0 Å². The third kappa shape index (κ3) is 5.34. The van der Waals surface area contributed by atoms with Crippen molar-refractivity contribution in [3.05, 3.63) is 71.5 Å². The minimum Gasteiger partial charge on any atom is -0.462 e. The van der Waals surface area contributed by atoms with Crippen LogP contribution in [0.1, 0.15) is 29.3 Å². The summed E-state index contributed by atoms with van der Waals surface area (Å²) in [5.41, 5.74) is 0.483. The lowest BCUT2D eigenvalue weighted by Gasteiger charge is -2.08. The molecule has 0 bridgehead atoms. The first-order valence-corrected chi connectivity index (χ1v) is 7.82. The minimum absolute atomic E-state index is 0.172. The van der Waals surface area contributed by atoms with Crippen LogP contribution in [0.15, 0.2) is 48.7 Å². The Labute approximate surface area is 147 Å². The normalized spacial score (nSPS) is 11.2. The number of rotatable bonds is 7. The Morgan fingerprint density at radius 3 is 2.50 bits per heavy atom. The summed E-state index contributed by atoms with van der Waals surface area (Å²) in [5, 5.41) is 0. The summed E-state index contributed by atoms with van der Waals surface area (Å²) in [6, 6.07) is 7.34. The second kappa shape index (κ2) is 9.03. The molecule has 0 heterocycles. The van der Waals surface area contributed by atoms with E-state index in [0.29, 0.717) is 18.8 Å². The number of aryl methyl sites for hydroxylation is 1. The Bertz CT molecular complexity index is 803. The highest BCUT2D eigenvalue weighted by atomic mass is 19.3. The molecule has 2 aromatic carbocycles. The fourth-order valence-corrected chi connectivity index (χ4v) is 2.14. The van der Waals surface area contributed by atoms with Gasteiger partial charge in [-0.2, -0.15) is 0 Å². The number of carbonyl (C=O) groups excluding carboxylic acids is 1. The molecule has 0 aromatic heterocycles. The number of alkyl halides is 2. The molecule has 0 radical (unpaired) electrons. The number of carbonyl (C=O) groups is 1. The first-order chi connectivity index (χ1) is 12.4. The highest BCUT2D eigenvalue weighted by Crippen LogP contribution is 2.24. The molecule has 2 rings (SSSR count). The molecule has 7 heteroatoms. The van der Waals surface area contributed by atoms with Crippen LogP contribution in [0.5, 0.6) is 11.5 Å². The van der Waals surface area contributed by atoms with E-state index < -0.39 is 24.0 Å². The molecular formula is C19H16F4O3. The van der Waals surface area contributed by atoms with Crippen molar-refractivity contribution in [3.63, 3.8) is 0 Å². The van der Waals surface area contributed by atoms with E-state index in [0.717, 1.165) is 24.1 Å². The highest BCUT2D eigenvalue weighted by molar-refractivity contribution is 5.91. The number of hydrogen-bond acceptors (Lipinski definition) is 3. The predicted octanol–water partition coefficient (Wildman–Crippen LogP) is 5.29. The van der Waals surface area contributed by atoms with E-state index in [4.69, 9.17) is 9.47 Å². The smallest absolute Gasteiger partial charge is 0.346 e. The lowest BCUT2D eigenvalue weighted by atomic mass is 10.1. The van der Waals surface area contributed by atoms with Crippen molar-refractivity contribution < 1.29 is 31.8 Å². The standard InChI is InChI=1S/C19H16F4O3/c1-2-3-12-4-6-14(15(20)10-12)19(24)26-13-5-7-17(16(21)11-13)25-9-8-18(22)23/h4-11,18H,2-3H2,1H3/b9-8+. The first kappa shape index (κ1) is 19.5. The molecule has 26 heavy (non-hydrogen) atoms. The zero-order valence-electron chi connectivity index (χ0n) is 13.8. The van der Waals surface area contributed by atoms with E-state index in [-0.39, 0.29) is 17.1 Å². The van der Waals surface area contributed by atoms with Crippen molar-refractivity contribution in [2.45, 2.75) is 26.2 Å². The fraction of sp³-hybridized carbons (Fsp3) is 0.211. The zero-order valence-corrected chi connectivity index (χ0v) is 13.8. The summed E-state index contributed by atoms with van der Waals surface area (Å²) in [6.07, 6.45) is -0.111. The molecule has 0 atom stereocenters. The van der Waals surface area contributed by atoms with Gasteiger partial charge in [-0.05, 0) is 36.2 Å². The average molecular weight is 368 g/mol. The largest absolute Gasteiger partial charge is 0.462 e. The third-order valence-electron chi connectivity index (χ3n) is 3.33.